The van der Waals surface area contributed by atoms with Gasteiger partial charge in [-0.25, -0.2) is 0 Å². The Morgan fingerprint density at radius 2 is 0.512 bits per heavy atom. The fourth-order valence-electron chi connectivity index (χ4n) is 13.3. The van der Waals surface area contributed by atoms with Crippen LogP contribution >= 0.6 is 0 Å². The first kappa shape index (κ1) is 49.3. The van der Waals surface area contributed by atoms with Crippen LogP contribution in [0.25, 0.3) is 132 Å². The Morgan fingerprint density at radius 1 is 0.244 bits per heavy atom. The zero-order chi connectivity index (χ0) is 56.1. The molecule has 0 saturated carbocycles. The van der Waals surface area contributed by atoms with Crippen molar-refractivity contribution in [3.63, 3.8) is 0 Å². The van der Waals surface area contributed by atoms with Crippen molar-refractivity contribution in [3.05, 3.63) is 252 Å². The zero-order valence-electron chi connectivity index (χ0n) is 44.8. The first-order valence-corrected chi connectivity index (χ1v) is 27.2. The molecule has 398 valence electrons. The van der Waals surface area contributed by atoms with Gasteiger partial charge in [0.15, 0.2) is 0 Å². The smallest absolute Gasteiger partial charge is 0.309 e. The molecular weight excluding hydrogens is 1030 g/mol. The average molecular weight is 1080 g/mol. The number of benzene rings is 11. The van der Waals surface area contributed by atoms with Gasteiger partial charge in [0, 0.05) is 65.8 Å². The molecule has 11 aromatic carbocycles. The molecule has 0 amide bonds. The van der Waals surface area contributed by atoms with Crippen molar-refractivity contribution in [2.45, 2.75) is 40.0 Å². The number of hydrogen-bond acceptors (Lipinski definition) is 0. The molecule has 0 spiro atoms. The highest BCUT2D eigenvalue weighted by atomic mass is 19.4. The minimum absolute atomic E-state index is 0.0511. The van der Waals surface area contributed by atoms with E-state index in [1.54, 1.807) is 12.1 Å². The van der Waals surface area contributed by atoms with Crippen LogP contribution in [0.3, 0.4) is 0 Å². The molecule has 0 unspecified atom stereocenters. The van der Waals surface area contributed by atoms with Gasteiger partial charge in [0.25, 0.3) is 0 Å². The largest absolute Gasteiger partial charge is 0.417 e. The summed E-state index contributed by atoms with van der Waals surface area (Å²) < 4.78 is 99.8. The van der Waals surface area contributed by atoms with E-state index in [9.17, 15) is 0 Å². The van der Waals surface area contributed by atoms with Gasteiger partial charge in [0.1, 0.15) is 0 Å². The van der Waals surface area contributed by atoms with Crippen molar-refractivity contribution in [2.24, 2.45) is 0 Å². The molecule has 0 fully saturated rings. The normalized spacial score (nSPS) is 12.5. The molecule has 0 N–H and O–H groups in total. The van der Waals surface area contributed by atoms with Crippen LogP contribution in [-0.2, 0) is 12.4 Å². The van der Waals surface area contributed by atoms with Gasteiger partial charge in [-0.05, 0) is 169 Å². The second-order valence-electron chi connectivity index (χ2n) is 21.6. The van der Waals surface area contributed by atoms with Crippen molar-refractivity contribution < 1.29 is 26.3 Å². The fourth-order valence-corrected chi connectivity index (χ4v) is 13.3. The van der Waals surface area contributed by atoms with E-state index in [0.717, 1.165) is 121 Å². The van der Waals surface area contributed by atoms with Gasteiger partial charge in [-0.2, -0.15) is 26.3 Å². The molecular formula is C72H48F6N4. The summed E-state index contributed by atoms with van der Waals surface area (Å²) >= 11 is 0. The van der Waals surface area contributed by atoms with E-state index in [4.69, 9.17) is 0 Å². The van der Waals surface area contributed by atoms with Crippen LogP contribution in [0.1, 0.15) is 33.4 Å². The first-order chi connectivity index (χ1) is 39.7. The molecule has 0 atom stereocenters. The van der Waals surface area contributed by atoms with E-state index in [-0.39, 0.29) is 11.1 Å². The summed E-state index contributed by atoms with van der Waals surface area (Å²) in [6.07, 6.45) is -10.6. The Kier molecular flexibility index (Phi) is 10.7. The molecule has 10 heteroatoms. The average Bonchev–Trinajstić information content (AvgIpc) is 3.34. The van der Waals surface area contributed by atoms with Gasteiger partial charge in [-0.1, -0.05) is 121 Å². The van der Waals surface area contributed by atoms with Crippen molar-refractivity contribution in [2.75, 3.05) is 0 Å². The molecule has 0 radical (unpaired) electrons. The first-order valence-electron chi connectivity index (χ1n) is 27.2. The van der Waals surface area contributed by atoms with Crippen LogP contribution in [-0.4, -0.2) is 18.3 Å². The minimum atomic E-state index is -5.31. The summed E-state index contributed by atoms with van der Waals surface area (Å²) in [4.78, 5) is 0. The molecule has 15 rings (SSSR count). The molecule has 15 aromatic rings. The van der Waals surface area contributed by atoms with Crippen molar-refractivity contribution in [1.82, 2.24) is 18.3 Å². The van der Waals surface area contributed by atoms with Crippen LogP contribution in [0.15, 0.2) is 218 Å². The highest BCUT2D eigenvalue weighted by Gasteiger charge is 2.44. The summed E-state index contributed by atoms with van der Waals surface area (Å²) in [5.41, 5.74) is 11.8. The maximum absolute atomic E-state index is 15.1. The van der Waals surface area contributed by atoms with E-state index >= 15 is 26.3 Å². The Bertz CT molecular complexity index is 4760. The summed E-state index contributed by atoms with van der Waals surface area (Å²) in [7, 11) is 0. The quantitative estimate of drug-likeness (QED) is 0.148. The number of rotatable bonds is 6. The second kappa shape index (κ2) is 17.9. The summed E-state index contributed by atoms with van der Waals surface area (Å²) in [6, 6.07) is 71.3. The summed E-state index contributed by atoms with van der Waals surface area (Å²) in [6.45, 7) is 7.54. The Labute approximate surface area is 466 Å². The summed E-state index contributed by atoms with van der Waals surface area (Å²) in [5, 5.41) is 8.65. The lowest BCUT2D eigenvalue weighted by molar-refractivity contribution is -0.162. The number of alkyl halides is 6. The molecule has 82 heavy (non-hydrogen) atoms. The third-order valence-electron chi connectivity index (χ3n) is 17.3. The molecule has 0 saturated heterocycles. The van der Waals surface area contributed by atoms with Crippen LogP contribution < -0.4 is 0 Å². The molecule has 0 bridgehead atoms. The van der Waals surface area contributed by atoms with Gasteiger partial charge < -0.3 is 18.3 Å². The number of halogens is 6. The van der Waals surface area contributed by atoms with E-state index in [1.807, 2.05) is 88.4 Å². The molecule has 4 nitrogen and oxygen atoms in total. The topological polar surface area (TPSA) is 19.7 Å². The fraction of sp³-hybridized carbons (Fsp3) is 0.0833. The Hall–Kier alpha value is -9.80. The van der Waals surface area contributed by atoms with Crippen molar-refractivity contribution in [1.29, 1.82) is 0 Å². The Balaban J connectivity index is 0.889. The number of aromatic nitrogens is 4. The lowest BCUT2D eigenvalue weighted by atomic mass is 9.84. The monoisotopic (exact) mass is 1080 g/mol. The molecule has 0 aliphatic rings. The van der Waals surface area contributed by atoms with Gasteiger partial charge in [-0.3, -0.25) is 0 Å². The summed E-state index contributed by atoms with van der Waals surface area (Å²) in [5.74, 6) is 0. The predicted octanol–water partition coefficient (Wildman–Crippen LogP) is 20.7. The number of hydrogen-bond donors (Lipinski definition) is 0. The van der Waals surface area contributed by atoms with Crippen LogP contribution in [0.5, 0.6) is 0 Å². The molecule has 4 aromatic heterocycles. The third kappa shape index (κ3) is 7.19. The molecule has 0 aliphatic heterocycles. The van der Waals surface area contributed by atoms with Gasteiger partial charge in [-0.15, -0.1) is 0 Å². The number of nitrogens with zero attached hydrogens (tertiary/aromatic N) is 4. The van der Waals surface area contributed by atoms with Gasteiger partial charge in [0.05, 0.1) is 55.3 Å². The second-order valence-corrected chi connectivity index (χ2v) is 21.6. The zero-order valence-corrected chi connectivity index (χ0v) is 44.8. The van der Waals surface area contributed by atoms with Crippen molar-refractivity contribution in [3.8, 4) is 45.0 Å². The van der Waals surface area contributed by atoms with Crippen LogP contribution in [0.4, 0.5) is 26.3 Å². The van der Waals surface area contributed by atoms with E-state index < -0.39 is 23.5 Å². The van der Waals surface area contributed by atoms with E-state index in [2.05, 4.69) is 152 Å². The third-order valence-corrected chi connectivity index (χ3v) is 17.3. The lowest BCUT2D eigenvalue weighted by Crippen LogP contribution is -2.17. The Morgan fingerprint density at radius 3 is 0.817 bits per heavy atom. The van der Waals surface area contributed by atoms with Gasteiger partial charge >= 0.3 is 12.4 Å². The highest BCUT2D eigenvalue weighted by Crippen LogP contribution is 2.49. The predicted molar refractivity (Wildman–Crippen MR) is 324 cm³/mol. The standard InChI is InChI=1S/C72H48F6N4/c1-41-43(3)61(81-67-27-15-9-21-53(67)57-37-45(29-33-69(57)81)79-63-23-11-5-17-49(63)50-18-6-12-24-64(50)79)35-31-47(41)55-39-59(71(73,74)75)60(72(76,77)78)40-56(55)48-32-36-62(44(4)42(48)2)82-68-28-16-10-22-54(68)58-38-46(30-34-70(58)82)80-65-25-13-7-19-51(65)52-20-8-14-26-66(52)80/h5-40H,1-4H3. The number of fused-ring (bicyclic) bond motifs is 12. The number of para-hydroxylation sites is 6. The SMILES string of the molecule is Cc1c(-c2cc(C(F)(F)F)c(C(F)(F)F)cc2-c2ccc(-n3c4ccccc4c4cc(-n5c6ccccc6c6ccccc65)ccc43)c(C)c2C)ccc(-n2c3ccccc3c3cc(-n4c5ccccc5c5ccccc54)ccc32)c1C. The maximum Gasteiger partial charge on any atom is 0.417 e. The van der Waals surface area contributed by atoms with Crippen molar-refractivity contribution >= 4 is 87.2 Å². The lowest BCUT2D eigenvalue weighted by Gasteiger charge is -2.24. The highest BCUT2D eigenvalue weighted by molar-refractivity contribution is 6.14. The van der Waals surface area contributed by atoms with Gasteiger partial charge in [0.2, 0.25) is 0 Å². The minimum Gasteiger partial charge on any atom is -0.309 e. The molecule has 0 aliphatic carbocycles. The van der Waals surface area contributed by atoms with E-state index in [0.29, 0.717) is 34.4 Å². The van der Waals surface area contributed by atoms with Crippen LogP contribution in [0, 0.1) is 27.7 Å². The van der Waals surface area contributed by atoms with E-state index in [1.165, 1.54) is 0 Å². The maximum atomic E-state index is 15.1. The van der Waals surface area contributed by atoms with Crippen LogP contribution in [0.2, 0.25) is 0 Å². The molecule has 4 heterocycles.